The number of phenols is 1. The van der Waals surface area contributed by atoms with Gasteiger partial charge in [-0.25, -0.2) is 0 Å². The number of amides is 1. The maximum atomic E-state index is 12.7. The van der Waals surface area contributed by atoms with Crippen LogP contribution in [0.3, 0.4) is 0 Å². The van der Waals surface area contributed by atoms with Crippen LogP contribution in [0.15, 0.2) is 48.5 Å². The summed E-state index contributed by atoms with van der Waals surface area (Å²) in [5.41, 5.74) is 1.08. The van der Waals surface area contributed by atoms with E-state index in [1.54, 1.807) is 12.1 Å². The van der Waals surface area contributed by atoms with Gasteiger partial charge < -0.3 is 30.3 Å². The van der Waals surface area contributed by atoms with Gasteiger partial charge in [0.05, 0.1) is 17.4 Å². The van der Waals surface area contributed by atoms with Gasteiger partial charge in [0.2, 0.25) is 11.6 Å². The highest BCUT2D eigenvalue weighted by molar-refractivity contribution is 7.14. The molecule has 2 aromatic carbocycles. The van der Waals surface area contributed by atoms with Gasteiger partial charge in [-0.15, -0.1) is 0 Å². The Bertz CT molecular complexity index is 1030. The predicted octanol–water partition coefficient (Wildman–Crippen LogP) is 2.60. The minimum atomic E-state index is -1.79. The fraction of sp³-hybridized carbons (Fsp3) is 0.211. The molecule has 9 nitrogen and oxygen atoms in total. The summed E-state index contributed by atoms with van der Waals surface area (Å²) in [5.74, 6) is -0.175. The third kappa shape index (κ3) is 4.14. The Labute approximate surface area is 169 Å². The van der Waals surface area contributed by atoms with E-state index in [0.717, 1.165) is 5.69 Å². The predicted molar refractivity (Wildman–Crippen MR) is 108 cm³/mol. The molecule has 2 heterocycles. The molecule has 1 fully saturated rings. The fourth-order valence-electron chi connectivity index (χ4n) is 3.13. The van der Waals surface area contributed by atoms with Crippen LogP contribution in [-0.4, -0.2) is 53.5 Å². The monoisotopic (exact) mass is 413 g/mol. The normalized spacial score (nSPS) is 16.7. The van der Waals surface area contributed by atoms with Crippen LogP contribution >= 0.6 is 11.1 Å². The van der Waals surface area contributed by atoms with Crippen molar-refractivity contribution in [2.24, 2.45) is 0 Å². The van der Waals surface area contributed by atoms with Crippen LogP contribution in [0.25, 0.3) is 0 Å². The van der Waals surface area contributed by atoms with Gasteiger partial charge in [0.1, 0.15) is 0 Å². The molecule has 4 N–H and O–H groups in total. The van der Waals surface area contributed by atoms with Crippen molar-refractivity contribution in [3.05, 3.63) is 54.1 Å². The van der Waals surface area contributed by atoms with E-state index in [4.69, 9.17) is 0 Å². The maximum absolute atomic E-state index is 12.7. The van der Waals surface area contributed by atoms with Crippen molar-refractivity contribution >= 4 is 40.1 Å². The number of aromatic nitrogens is 2. The van der Waals surface area contributed by atoms with Crippen molar-refractivity contribution in [1.29, 1.82) is 0 Å². The zero-order valence-electron chi connectivity index (χ0n) is 15.3. The van der Waals surface area contributed by atoms with Gasteiger partial charge >= 0.3 is 0 Å². The first-order chi connectivity index (χ1) is 14.0. The van der Waals surface area contributed by atoms with Crippen LogP contribution in [0.5, 0.6) is 5.75 Å². The number of carbonyl (C=O) groups excluding carboxylic acids is 1. The topological polar surface area (TPSA) is 134 Å². The first-order valence-electron chi connectivity index (χ1n) is 8.99. The summed E-state index contributed by atoms with van der Waals surface area (Å²) in [6.45, 7) is 0.667. The Hall–Kier alpha value is -3.21. The van der Waals surface area contributed by atoms with E-state index in [1.807, 2.05) is 30.3 Å². The van der Waals surface area contributed by atoms with Gasteiger partial charge in [-0.1, -0.05) is 24.3 Å². The number of anilines is 4. The lowest BCUT2D eigenvalue weighted by atomic mass is 10.1. The van der Waals surface area contributed by atoms with Crippen LogP contribution in [0.2, 0.25) is 0 Å². The third-order valence-electron chi connectivity index (χ3n) is 4.57. The summed E-state index contributed by atoms with van der Waals surface area (Å²) in [6.07, 6.45) is -0.0362. The number of carbonyl (C=O) groups is 1. The van der Waals surface area contributed by atoms with E-state index in [2.05, 4.69) is 19.4 Å². The minimum Gasteiger partial charge on any atom is -0.546 e. The number of likely N-dealkylation sites (tertiary alicyclic amines) is 1. The van der Waals surface area contributed by atoms with E-state index in [9.17, 15) is 19.6 Å². The molecule has 2 atom stereocenters. The number of aromatic hydroxyl groups is 1. The smallest absolute Gasteiger partial charge is 0.257 e. The Morgan fingerprint density at radius 2 is 1.83 bits per heavy atom. The van der Waals surface area contributed by atoms with Gasteiger partial charge in [-0.3, -0.25) is 4.79 Å². The second-order valence-electron chi connectivity index (χ2n) is 6.62. The highest BCUT2D eigenvalue weighted by atomic mass is 32.2. The summed E-state index contributed by atoms with van der Waals surface area (Å²) >= 11 is -1.79. The average molecular weight is 413 g/mol. The van der Waals surface area contributed by atoms with E-state index in [1.165, 1.54) is 11.0 Å². The Morgan fingerprint density at radius 1 is 1.10 bits per heavy atom. The van der Waals surface area contributed by atoms with Crippen molar-refractivity contribution in [3.63, 3.8) is 0 Å². The number of β-amino-alcohol motifs (C(OH)–C–C–N with tert-alkyl or cyclic N) is 1. The number of aliphatic hydroxyl groups excluding tert-OH is 1. The summed E-state index contributed by atoms with van der Waals surface area (Å²) in [5, 5.41) is 26.2. The van der Waals surface area contributed by atoms with Crippen LogP contribution in [0.1, 0.15) is 16.8 Å². The molecule has 1 aliphatic heterocycles. The molecule has 4 rings (SSSR count). The zero-order chi connectivity index (χ0) is 20.4. The SMILES string of the molecule is O=C(c1cccc(Nc2n[s+]([O-])nc2Nc2ccccc2)c1O)N1CC[C@@H](O)C1. The molecule has 1 amide bonds. The average Bonchev–Trinajstić information content (AvgIpc) is 3.29. The summed E-state index contributed by atoms with van der Waals surface area (Å²) in [4.78, 5) is 14.2. The number of nitrogens with zero attached hydrogens (tertiary/aromatic N) is 3. The molecule has 0 spiro atoms. The van der Waals surface area contributed by atoms with Gasteiger partial charge in [0.25, 0.3) is 5.91 Å². The van der Waals surface area contributed by atoms with Crippen LogP contribution in [0.4, 0.5) is 23.0 Å². The van der Waals surface area contributed by atoms with Crippen molar-refractivity contribution in [2.75, 3.05) is 23.7 Å². The van der Waals surface area contributed by atoms with Crippen molar-refractivity contribution in [2.45, 2.75) is 12.5 Å². The Morgan fingerprint density at radius 3 is 2.52 bits per heavy atom. The molecule has 3 aromatic rings. The molecular formula is C19H19N5O4S. The van der Waals surface area contributed by atoms with Crippen LogP contribution in [0, 0.1) is 0 Å². The summed E-state index contributed by atoms with van der Waals surface area (Å²) in [7, 11) is 0. The van der Waals surface area contributed by atoms with Crippen molar-refractivity contribution in [1.82, 2.24) is 13.6 Å². The Balaban J connectivity index is 1.58. The molecule has 1 aliphatic rings. The van der Waals surface area contributed by atoms with Gasteiger partial charge in [0.15, 0.2) is 16.9 Å². The molecule has 29 heavy (non-hydrogen) atoms. The minimum absolute atomic E-state index is 0.110. The van der Waals surface area contributed by atoms with Crippen molar-refractivity contribution < 1.29 is 19.6 Å². The van der Waals surface area contributed by atoms with Crippen LogP contribution in [-0.2, 0) is 0 Å². The lowest BCUT2D eigenvalue weighted by molar-refractivity contribution is 0.0762. The van der Waals surface area contributed by atoms with E-state index < -0.39 is 17.2 Å². The van der Waals surface area contributed by atoms with E-state index in [-0.39, 0.29) is 41.1 Å². The molecular weight excluding hydrogens is 394 g/mol. The summed E-state index contributed by atoms with van der Waals surface area (Å²) < 4.78 is 19.7. The van der Waals surface area contributed by atoms with Gasteiger partial charge in [0, 0.05) is 27.5 Å². The molecule has 1 unspecified atom stereocenters. The largest absolute Gasteiger partial charge is 0.546 e. The molecule has 0 aliphatic carbocycles. The van der Waals surface area contributed by atoms with Crippen molar-refractivity contribution in [3.8, 4) is 5.75 Å². The molecule has 10 heteroatoms. The highest BCUT2D eigenvalue weighted by Crippen LogP contribution is 2.35. The number of hydrogen-bond acceptors (Lipinski definition) is 8. The first-order valence-corrected chi connectivity index (χ1v) is 10.1. The zero-order valence-corrected chi connectivity index (χ0v) is 16.1. The van der Waals surface area contributed by atoms with Gasteiger partial charge in [-0.05, 0) is 30.7 Å². The second kappa shape index (κ2) is 8.03. The number of hydrogen-bond donors (Lipinski definition) is 4. The fourth-order valence-corrected chi connectivity index (χ4v) is 3.74. The highest BCUT2D eigenvalue weighted by Gasteiger charge is 2.28. The lowest BCUT2D eigenvalue weighted by Gasteiger charge is -2.17. The molecule has 0 saturated carbocycles. The lowest BCUT2D eigenvalue weighted by Crippen LogP contribution is -2.29. The molecule has 0 radical (unpaired) electrons. The number of nitrogens with one attached hydrogen (secondary N) is 2. The molecule has 1 saturated heterocycles. The second-order valence-corrected chi connectivity index (χ2v) is 7.45. The first kappa shape index (κ1) is 19.1. The number of para-hydroxylation sites is 2. The molecule has 0 bridgehead atoms. The summed E-state index contributed by atoms with van der Waals surface area (Å²) in [6, 6.07) is 13.9. The third-order valence-corrected chi connectivity index (χ3v) is 5.25. The van der Waals surface area contributed by atoms with Gasteiger partial charge in [-0.2, -0.15) is 0 Å². The number of rotatable bonds is 5. The quantitative estimate of drug-likeness (QED) is 0.370. The Kier molecular flexibility index (Phi) is 5.30. The number of phenolic OH excluding ortho intramolecular Hbond substituents is 1. The maximum Gasteiger partial charge on any atom is 0.257 e. The van der Waals surface area contributed by atoms with Crippen LogP contribution < -0.4 is 10.6 Å². The number of aliphatic hydroxyl groups is 1. The number of benzene rings is 2. The standard InChI is InChI=1S/C19H19N5O4S/c25-13-9-10-24(11-13)19(27)14-7-4-8-15(16(14)26)21-18-17(22-29(28)23-18)20-12-5-2-1-3-6-12/h1-8,13,25-26H,9-11H2,(H,20,22)(H,21,23)/t13-,29?/m1/s1. The molecule has 1 aromatic heterocycles. The molecule has 150 valence electrons. The van der Waals surface area contributed by atoms with E-state index in [0.29, 0.717) is 13.0 Å². The van der Waals surface area contributed by atoms with E-state index >= 15 is 0 Å².